The standard InChI is InChI=1S/C54H66ClN9O6S2/c1-29-19-22-71-48(29)36-11-9-34(10-12-36)31(3)56-51(68)43-25-39(65)27-63(43)52(69)49(54(6,7)8)59-45(67)28-62-20-17-40(18-21-62)70-41-23-38(24-41)57-44(66)26-42-50-61-60-33(5)64(50)53-46(30(2)32(4)72-53)47(58-42)35-13-15-37(55)16-14-35/h9-16,19,22,31,38-43,49,65H,17-18,20-21,23-28H2,1-8H3,(H,56,68)(H,57,66)(H,59,67)/t31-,38?,39+,41?,42-,43-,49+/m0/s1. The number of β-amino-alcohol motifs (C(OH)–C–C–N with tert-alkyl or cyclic N) is 1. The number of halogens is 1. The van der Waals surface area contributed by atoms with Gasteiger partial charge in [0.05, 0.1) is 43.0 Å². The first kappa shape index (κ1) is 51.6. The predicted octanol–water partition coefficient (Wildman–Crippen LogP) is 7.72. The van der Waals surface area contributed by atoms with Gasteiger partial charge in [-0.2, -0.15) is 0 Å². The fourth-order valence-electron chi connectivity index (χ4n) is 10.4. The summed E-state index contributed by atoms with van der Waals surface area (Å²) in [5, 5.41) is 32.7. The average Bonchev–Trinajstić information content (AvgIpc) is 4.10. The van der Waals surface area contributed by atoms with Crippen molar-refractivity contribution in [3.05, 3.63) is 109 Å². The lowest BCUT2D eigenvalue weighted by Crippen LogP contribution is -2.59. The summed E-state index contributed by atoms with van der Waals surface area (Å²) in [5.74, 6) is 0.271. The Bertz CT molecular complexity index is 2840. The van der Waals surface area contributed by atoms with Gasteiger partial charge in [-0.3, -0.25) is 33.6 Å². The highest BCUT2D eigenvalue weighted by Gasteiger charge is 2.45. The lowest BCUT2D eigenvalue weighted by molar-refractivity contribution is -0.144. The van der Waals surface area contributed by atoms with E-state index in [0.29, 0.717) is 36.8 Å². The van der Waals surface area contributed by atoms with E-state index in [-0.39, 0.29) is 73.9 Å². The third kappa shape index (κ3) is 11.1. The maximum atomic E-state index is 14.3. The van der Waals surface area contributed by atoms with Crippen LogP contribution in [-0.2, 0) is 23.9 Å². The smallest absolute Gasteiger partial charge is 0.246 e. The first-order valence-electron chi connectivity index (χ1n) is 25.1. The molecule has 382 valence electrons. The third-order valence-corrected chi connectivity index (χ3v) is 17.2. The molecule has 3 aliphatic heterocycles. The van der Waals surface area contributed by atoms with Gasteiger partial charge < -0.3 is 30.7 Å². The number of amides is 4. The number of aliphatic imine (C=N–C) groups is 1. The molecule has 5 atom stereocenters. The molecule has 9 rings (SSSR count). The van der Waals surface area contributed by atoms with E-state index < -0.39 is 29.6 Å². The van der Waals surface area contributed by atoms with Crippen LogP contribution in [0.25, 0.3) is 15.4 Å². The quantitative estimate of drug-likeness (QED) is 0.0865. The zero-order chi connectivity index (χ0) is 51.2. The number of nitrogens with zero attached hydrogens (tertiary/aromatic N) is 6. The Morgan fingerprint density at radius 3 is 2.25 bits per heavy atom. The van der Waals surface area contributed by atoms with Gasteiger partial charge in [0, 0.05) is 58.0 Å². The molecule has 0 radical (unpaired) electrons. The molecular formula is C54H66ClN9O6S2. The summed E-state index contributed by atoms with van der Waals surface area (Å²) in [5.41, 5.74) is 6.48. The number of carbonyl (C=O) groups is 4. The number of aryl methyl sites for hydroxylation is 3. The van der Waals surface area contributed by atoms with E-state index in [1.165, 1.54) is 20.2 Å². The van der Waals surface area contributed by atoms with E-state index in [0.717, 1.165) is 57.2 Å². The van der Waals surface area contributed by atoms with Crippen molar-refractivity contribution < 1.29 is 29.0 Å². The number of piperidine rings is 1. The minimum Gasteiger partial charge on any atom is -0.391 e. The zero-order valence-corrected chi connectivity index (χ0v) is 44.7. The van der Waals surface area contributed by atoms with Crippen molar-refractivity contribution in [2.45, 2.75) is 142 Å². The number of aromatic nitrogens is 3. The number of fused-ring (bicyclic) bond motifs is 3. The van der Waals surface area contributed by atoms with Crippen LogP contribution in [-0.4, -0.2) is 122 Å². The van der Waals surface area contributed by atoms with Crippen molar-refractivity contribution in [2.75, 3.05) is 26.2 Å². The molecule has 6 heterocycles. The molecule has 4 amide bonds. The van der Waals surface area contributed by atoms with Gasteiger partial charge >= 0.3 is 0 Å². The molecule has 3 fully saturated rings. The van der Waals surface area contributed by atoms with Gasteiger partial charge in [-0.1, -0.05) is 68.8 Å². The van der Waals surface area contributed by atoms with Crippen molar-refractivity contribution in [1.29, 1.82) is 0 Å². The molecule has 1 saturated carbocycles. The summed E-state index contributed by atoms with van der Waals surface area (Å²) in [7, 11) is 0. The maximum absolute atomic E-state index is 14.3. The molecule has 0 bridgehead atoms. The monoisotopic (exact) mass is 1040 g/mol. The van der Waals surface area contributed by atoms with Gasteiger partial charge in [0.25, 0.3) is 0 Å². The van der Waals surface area contributed by atoms with E-state index in [2.05, 4.69) is 80.0 Å². The first-order chi connectivity index (χ1) is 34.3. The summed E-state index contributed by atoms with van der Waals surface area (Å²) in [4.78, 5) is 66.6. The number of ether oxygens (including phenoxy) is 1. The van der Waals surface area contributed by atoms with Gasteiger partial charge in [0.2, 0.25) is 23.6 Å². The fourth-order valence-corrected chi connectivity index (χ4v) is 12.7. The molecule has 3 aromatic heterocycles. The highest BCUT2D eigenvalue weighted by Crippen LogP contribution is 2.40. The third-order valence-electron chi connectivity index (χ3n) is 14.7. The van der Waals surface area contributed by atoms with Crippen LogP contribution < -0.4 is 16.0 Å². The van der Waals surface area contributed by atoms with Crippen LogP contribution in [0.3, 0.4) is 0 Å². The molecule has 72 heavy (non-hydrogen) atoms. The highest BCUT2D eigenvalue weighted by atomic mass is 35.5. The van der Waals surface area contributed by atoms with Crippen molar-refractivity contribution in [1.82, 2.24) is 40.5 Å². The molecule has 5 aromatic rings. The van der Waals surface area contributed by atoms with Crippen molar-refractivity contribution in [2.24, 2.45) is 10.4 Å². The first-order valence-corrected chi connectivity index (χ1v) is 27.1. The number of likely N-dealkylation sites (tertiary alicyclic amines) is 2. The van der Waals surface area contributed by atoms with Crippen LogP contribution in [0.1, 0.15) is 123 Å². The Hall–Kier alpha value is -5.30. The number of nitrogens with one attached hydrogen (secondary N) is 3. The van der Waals surface area contributed by atoms with Crippen LogP contribution in [0.15, 0.2) is 65.0 Å². The normalized spacial score (nSPS) is 22.2. The van der Waals surface area contributed by atoms with Crippen molar-refractivity contribution in [3.8, 4) is 15.4 Å². The molecule has 4 aliphatic rings. The van der Waals surface area contributed by atoms with E-state index in [4.69, 9.17) is 21.3 Å². The van der Waals surface area contributed by atoms with Crippen LogP contribution in [0.5, 0.6) is 0 Å². The Kier molecular flexibility index (Phi) is 15.2. The number of carbonyl (C=O) groups excluding carboxylic acids is 4. The molecule has 2 saturated heterocycles. The van der Waals surface area contributed by atoms with Crippen LogP contribution >= 0.6 is 34.3 Å². The number of aliphatic hydroxyl groups excluding tert-OH is 1. The topological polar surface area (TPSA) is 183 Å². The number of aliphatic hydroxyl groups is 1. The summed E-state index contributed by atoms with van der Waals surface area (Å²) in [6, 6.07) is 15.2. The van der Waals surface area contributed by atoms with E-state index in [9.17, 15) is 24.3 Å². The van der Waals surface area contributed by atoms with Crippen LogP contribution in [0, 0.1) is 33.1 Å². The number of hydrogen-bond acceptors (Lipinski definition) is 12. The van der Waals surface area contributed by atoms with E-state index in [1.807, 2.05) is 71.0 Å². The molecule has 18 heteroatoms. The SMILES string of the molecule is Cc1ccsc1-c1ccc([C@H](C)NC(=O)[C@@H]2C[C@@H](O)CN2C(=O)[C@@H](NC(=O)CN2CCC(OC3CC(NC(=O)C[C@@H]4N=C(c5ccc(Cl)cc5)c5c(sc(C)c5C)-n5c(C)nnc54)C3)CC2)C(C)(C)C)cc1. The summed E-state index contributed by atoms with van der Waals surface area (Å²) < 4.78 is 8.55. The van der Waals surface area contributed by atoms with Crippen molar-refractivity contribution in [3.63, 3.8) is 0 Å². The average molecular weight is 1040 g/mol. The maximum Gasteiger partial charge on any atom is 0.246 e. The van der Waals surface area contributed by atoms with E-state index >= 15 is 0 Å². The Balaban J connectivity index is 0.736. The zero-order valence-electron chi connectivity index (χ0n) is 42.3. The number of hydrogen-bond donors (Lipinski definition) is 4. The fraction of sp³-hybridized carbons (Fsp3) is 0.500. The molecular weight excluding hydrogens is 970 g/mol. The second-order valence-electron chi connectivity index (χ2n) is 21.1. The van der Waals surface area contributed by atoms with Crippen LogP contribution in [0.2, 0.25) is 5.02 Å². The molecule has 1 aliphatic carbocycles. The Morgan fingerprint density at radius 2 is 1.58 bits per heavy atom. The van der Waals surface area contributed by atoms with Crippen LogP contribution in [0.4, 0.5) is 0 Å². The molecule has 0 unspecified atom stereocenters. The van der Waals surface area contributed by atoms with Gasteiger partial charge in [-0.25, -0.2) is 0 Å². The number of benzene rings is 2. The van der Waals surface area contributed by atoms with Gasteiger partial charge in [0.15, 0.2) is 5.82 Å². The predicted molar refractivity (Wildman–Crippen MR) is 282 cm³/mol. The minimum atomic E-state index is -0.914. The summed E-state index contributed by atoms with van der Waals surface area (Å²) >= 11 is 9.65. The summed E-state index contributed by atoms with van der Waals surface area (Å²) in [6.45, 7) is 17.2. The minimum absolute atomic E-state index is 0.00728. The Morgan fingerprint density at radius 1 is 0.889 bits per heavy atom. The molecule has 4 N–H and O–H groups in total. The highest BCUT2D eigenvalue weighted by molar-refractivity contribution is 7.15. The summed E-state index contributed by atoms with van der Waals surface area (Å²) in [6.07, 6.45) is 2.36. The van der Waals surface area contributed by atoms with Gasteiger partial charge in [-0.05, 0) is 112 Å². The number of thiophene rings is 2. The Labute approximate surface area is 434 Å². The second-order valence-corrected chi connectivity index (χ2v) is 23.7. The number of rotatable bonds is 14. The van der Waals surface area contributed by atoms with Crippen molar-refractivity contribution >= 4 is 63.6 Å². The van der Waals surface area contributed by atoms with Gasteiger partial charge in [-0.15, -0.1) is 32.9 Å². The largest absolute Gasteiger partial charge is 0.391 e. The molecule has 0 spiro atoms. The lowest BCUT2D eigenvalue weighted by Gasteiger charge is -2.40. The van der Waals surface area contributed by atoms with Gasteiger partial charge in [0.1, 0.15) is 29.0 Å². The molecule has 2 aromatic carbocycles. The van der Waals surface area contributed by atoms with E-state index in [1.54, 1.807) is 22.7 Å². The molecule has 15 nitrogen and oxygen atoms in total. The lowest BCUT2D eigenvalue weighted by atomic mass is 9.85. The second kappa shape index (κ2) is 21.3.